The average Bonchev–Trinajstić information content (AvgIpc) is 2.70. The second-order valence-electron chi connectivity index (χ2n) is 2.83. The first-order valence-corrected chi connectivity index (χ1v) is 6.43. The fourth-order valence-electron chi connectivity index (χ4n) is 0.875. The van der Waals surface area contributed by atoms with E-state index in [0.717, 1.165) is 13.0 Å². The standard InChI is InChI=1S/C8H13N3O3S2/c1-14-4-2-3-9-7-10-11-8(16-7)15-5-6(12)13/h2-5H2,1H3,(H,9,10)(H,12,13). The van der Waals surface area contributed by atoms with Crippen LogP contribution in [0.3, 0.4) is 0 Å². The Balaban J connectivity index is 2.25. The van der Waals surface area contributed by atoms with Crippen molar-refractivity contribution in [3.63, 3.8) is 0 Å². The summed E-state index contributed by atoms with van der Waals surface area (Å²) >= 11 is 2.53. The highest BCUT2D eigenvalue weighted by Gasteiger charge is 2.06. The van der Waals surface area contributed by atoms with Crippen molar-refractivity contribution in [2.45, 2.75) is 10.8 Å². The van der Waals surface area contributed by atoms with E-state index in [2.05, 4.69) is 15.5 Å². The highest BCUT2D eigenvalue weighted by atomic mass is 32.2. The molecule has 90 valence electrons. The molecule has 16 heavy (non-hydrogen) atoms. The van der Waals surface area contributed by atoms with Gasteiger partial charge in [0, 0.05) is 20.3 Å². The van der Waals surface area contributed by atoms with Gasteiger partial charge in [-0.05, 0) is 6.42 Å². The number of rotatable bonds is 8. The number of thioether (sulfide) groups is 1. The average molecular weight is 263 g/mol. The highest BCUT2D eigenvalue weighted by Crippen LogP contribution is 2.24. The van der Waals surface area contributed by atoms with Crippen molar-refractivity contribution in [2.24, 2.45) is 0 Å². The molecule has 8 heteroatoms. The summed E-state index contributed by atoms with van der Waals surface area (Å²) in [5, 5.41) is 20.0. The maximum absolute atomic E-state index is 10.3. The van der Waals surface area contributed by atoms with Crippen molar-refractivity contribution < 1.29 is 14.6 Å². The monoisotopic (exact) mass is 263 g/mol. The number of carboxylic acid groups (broad SMARTS) is 1. The Morgan fingerprint density at radius 3 is 3.12 bits per heavy atom. The maximum Gasteiger partial charge on any atom is 0.313 e. The van der Waals surface area contributed by atoms with Crippen LogP contribution >= 0.6 is 23.1 Å². The number of aliphatic carboxylic acids is 1. The largest absolute Gasteiger partial charge is 0.481 e. The molecule has 1 aromatic rings. The second-order valence-corrected chi connectivity index (χ2v) is 5.03. The second kappa shape index (κ2) is 7.42. The first-order valence-electron chi connectivity index (χ1n) is 4.63. The molecule has 0 aliphatic heterocycles. The van der Waals surface area contributed by atoms with Gasteiger partial charge in [0.1, 0.15) is 0 Å². The molecular formula is C8H13N3O3S2. The molecule has 0 bridgehead atoms. The molecule has 0 aromatic carbocycles. The van der Waals surface area contributed by atoms with Crippen molar-refractivity contribution in [3.05, 3.63) is 0 Å². The Labute approximate surface area is 101 Å². The number of nitrogens with one attached hydrogen (secondary N) is 1. The van der Waals surface area contributed by atoms with Crippen LogP contribution in [0.2, 0.25) is 0 Å². The summed E-state index contributed by atoms with van der Waals surface area (Å²) in [6, 6.07) is 0. The molecule has 0 spiro atoms. The van der Waals surface area contributed by atoms with E-state index in [1.54, 1.807) is 7.11 Å². The van der Waals surface area contributed by atoms with Gasteiger partial charge in [-0.2, -0.15) is 0 Å². The fraction of sp³-hybridized carbons (Fsp3) is 0.625. The number of ether oxygens (including phenoxy) is 1. The number of aromatic nitrogens is 2. The van der Waals surface area contributed by atoms with E-state index in [-0.39, 0.29) is 5.75 Å². The minimum absolute atomic E-state index is 0.0122. The Bertz CT molecular complexity index is 332. The van der Waals surface area contributed by atoms with Crippen LogP contribution in [0, 0.1) is 0 Å². The van der Waals surface area contributed by atoms with E-state index in [1.807, 2.05) is 0 Å². The summed E-state index contributed by atoms with van der Waals surface area (Å²) in [5.41, 5.74) is 0. The van der Waals surface area contributed by atoms with Crippen LogP contribution in [0.5, 0.6) is 0 Å². The van der Waals surface area contributed by atoms with Gasteiger partial charge in [-0.1, -0.05) is 23.1 Å². The third-order valence-corrected chi connectivity index (χ3v) is 3.53. The van der Waals surface area contributed by atoms with E-state index in [9.17, 15) is 4.79 Å². The molecule has 1 rings (SSSR count). The quantitative estimate of drug-likeness (QED) is 0.538. The summed E-state index contributed by atoms with van der Waals surface area (Å²) in [6.45, 7) is 1.47. The van der Waals surface area contributed by atoms with E-state index < -0.39 is 5.97 Å². The summed E-state index contributed by atoms with van der Waals surface area (Å²) in [6.07, 6.45) is 0.897. The minimum atomic E-state index is -0.852. The van der Waals surface area contributed by atoms with Gasteiger partial charge in [0.25, 0.3) is 0 Å². The van der Waals surface area contributed by atoms with Gasteiger partial charge in [-0.25, -0.2) is 0 Å². The molecule has 0 saturated heterocycles. The number of hydrogen-bond donors (Lipinski definition) is 2. The van der Waals surface area contributed by atoms with Gasteiger partial charge < -0.3 is 15.2 Å². The van der Waals surface area contributed by atoms with E-state index in [1.165, 1.54) is 23.1 Å². The molecule has 1 aromatic heterocycles. The van der Waals surface area contributed by atoms with Crippen molar-refractivity contribution in [3.8, 4) is 0 Å². The minimum Gasteiger partial charge on any atom is -0.481 e. The summed E-state index contributed by atoms with van der Waals surface area (Å²) < 4.78 is 5.57. The smallest absolute Gasteiger partial charge is 0.313 e. The molecule has 0 aliphatic carbocycles. The lowest BCUT2D eigenvalue weighted by Gasteiger charge is -1.99. The van der Waals surface area contributed by atoms with E-state index in [0.29, 0.717) is 16.1 Å². The maximum atomic E-state index is 10.3. The third kappa shape index (κ3) is 5.29. The molecule has 1 heterocycles. The Kier molecular flexibility index (Phi) is 6.12. The van der Waals surface area contributed by atoms with Gasteiger partial charge in [0.15, 0.2) is 4.34 Å². The third-order valence-electron chi connectivity index (χ3n) is 1.53. The summed E-state index contributed by atoms with van der Waals surface area (Å²) in [5.74, 6) is -0.840. The Morgan fingerprint density at radius 2 is 2.44 bits per heavy atom. The molecule has 0 saturated carbocycles. The molecule has 0 unspecified atom stereocenters. The zero-order valence-corrected chi connectivity index (χ0v) is 10.4. The van der Waals surface area contributed by atoms with Crippen molar-refractivity contribution in [2.75, 3.05) is 31.3 Å². The van der Waals surface area contributed by atoms with E-state index >= 15 is 0 Å². The topological polar surface area (TPSA) is 84.3 Å². The summed E-state index contributed by atoms with van der Waals surface area (Å²) in [4.78, 5) is 10.3. The van der Waals surface area contributed by atoms with Gasteiger partial charge in [-0.3, -0.25) is 4.79 Å². The number of carboxylic acids is 1. The predicted molar refractivity (Wildman–Crippen MR) is 63.3 cm³/mol. The molecule has 0 radical (unpaired) electrons. The Morgan fingerprint density at radius 1 is 1.62 bits per heavy atom. The lowest BCUT2D eigenvalue weighted by molar-refractivity contribution is -0.133. The van der Waals surface area contributed by atoms with Crippen LogP contribution in [-0.4, -0.2) is 47.3 Å². The number of anilines is 1. The van der Waals surface area contributed by atoms with Crippen molar-refractivity contribution in [1.29, 1.82) is 0 Å². The first kappa shape index (κ1) is 13.2. The normalized spacial score (nSPS) is 10.3. The number of hydrogen-bond acceptors (Lipinski definition) is 7. The molecule has 2 N–H and O–H groups in total. The number of nitrogens with zero attached hydrogens (tertiary/aromatic N) is 2. The molecule has 6 nitrogen and oxygen atoms in total. The van der Waals surface area contributed by atoms with Crippen LogP contribution in [0.4, 0.5) is 5.13 Å². The van der Waals surface area contributed by atoms with Crippen LogP contribution < -0.4 is 5.32 Å². The van der Waals surface area contributed by atoms with Gasteiger partial charge in [0.2, 0.25) is 5.13 Å². The lowest BCUT2D eigenvalue weighted by Crippen LogP contribution is -2.04. The highest BCUT2D eigenvalue weighted by molar-refractivity contribution is 8.01. The fourth-order valence-corrected chi connectivity index (χ4v) is 2.37. The molecule has 0 aliphatic rings. The lowest BCUT2D eigenvalue weighted by atomic mass is 10.4. The van der Waals surface area contributed by atoms with Gasteiger partial charge in [-0.15, -0.1) is 10.2 Å². The van der Waals surface area contributed by atoms with Crippen LogP contribution in [0.1, 0.15) is 6.42 Å². The molecule has 0 atom stereocenters. The predicted octanol–water partition coefficient (Wildman–Crippen LogP) is 1.16. The molecular weight excluding hydrogens is 250 g/mol. The van der Waals surface area contributed by atoms with Crippen LogP contribution in [-0.2, 0) is 9.53 Å². The summed E-state index contributed by atoms with van der Waals surface area (Å²) in [7, 11) is 1.66. The van der Waals surface area contributed by atoms with Gasteiger partial charge in [0.05, 0.1) is 5.75 Å². The molecule has 0 amide bonds. The van der Waals surface area contributed by atoms with Crippen LogP contribution in [0.15, 0.2) is 4.34 Å². The molecule has 0 fully saturated rings. The van der Waals surface area contributed by atoms with E-state index in [4.69, 9.17) is 9.84 Å². The Hall–Kier alpha value is -0.860. The number of methoxy groups -OCH3 is 1. The van der Waals surface area contributed by atoms with Crippen molar-refractivity contribution >= 4 is 34.2 Å². The number of carbonyl (C=O) groups is 1. The first-order chi connectivity index (χ1) is 7.72. The zero-order chi connectivity index (χ0) is 11.8. The SMILES string of the molecule is COCCCNc1nnc(SCC(=O)O)s1. The zero-order valence-electron chi connectivity index (χ0n) is 8.80. The van der Waals surface area contributed by atoms with Gasteiger partial charge >= 0.3 is 5.97 Å². The van der Waals surface area contributed by atoms with Crippen molar-refractivity contribution in [1.82, 2.24) is 10.2 Å². The van der Waals surface area contributed by atoms with Crippen LogP contribution in [0.25, 0.3) is 0 Å².